The number of hydrogen-bond donors (Lipinski definition) is 0. The number of rotatable bonds is 5. The summed E-state index contributed by atoms with van der Waals surface area (Å²) < 4.78 is 152. The predicted molar refractivity (Wildman–Crippen MR) is 126 cm³/mol. The fourth-order valence-electron chi connectivity index (χ4n) is 7.03. The maximum atomic E-state index is 15.8. The van der Waals surface area contributed by atoms with E-state index in [2.05, 4.69) is 0 Å². The molecule has 5 rings (SSSR count). The smallest absolute Gasteiger partial charge is 0.348 e. The molecule has 2 heterocycles. The second-order valence-corrected chi connectivity index (χ2v) is 10.4. The molecule has 0 radical (unpaired) electrons. The topological polar surface area (TPSA) is 7.12 Å². The molecule has 2 aliphatic rings. The van der Waals surface area contributed by atoms with Crippen molar-refractivity contribution < 1.29 is 48.4 Å². The number of likely N-dealkylation sites (tertiary alicyclic amines) is 1. The Hall–Kier alpha value is -3.09. The summed E-state index contributed by atoms with van der Waals surface area (Å²) in [6, 6.07) is 3.21. The van der Waals surface area contributed by atoms with Crippen LogP contribution in [0.3, 0.4) is 0 Å². The minimum Gasteiger partial charge on any atom is -0.418 e. The summed E-state index contributed by atoms with van der Waals surface area (Å²) in [6.07, 6.45) is 0.887. The number of benzene rings is 2. The summed E-state index contributed by atoms with van der Waals surface area (Å²) >= 11 is 0. The van der Waals surface area contributed by atoms with Gasteiger partial charge < -0.3 is 9.38 Å². The van der Waals surface area contributed by atoms with Gasteiger partial charge in [0.05, 0.1) is 0 Å². The van der Waals surface area contributed by atoms with E-state index >= 15 is 17.6 Å². The standard InChI is InChI=1S/C27H23BF10N2/c29-18-16(19(30)23(34)26(37)22(18)33)28(40-12-5-2-6-13-40,17-20(31)24(35)27(38)25(36)21(17)32)14-8-7-9-15(14)39-10-3-1-4-11-39/h2,5-6,12-15H,1,3-4,7-11H2/t14-,15-/m0/s1. The first kappa shape index (κ1) is 28.4. The van der Waals surface area contributed by atoms with E-state index < -0.39 is 87.2 Å². The normalized spacial score (nSPS) is 20.4. The van der Waals surface area contributed by atoms with Crippen molar-refractivity contribution in [1.29, 1.82) is 0 Å². The maximum absolute atomic E-state index is 15.8. The van der Waals surface area contributed by atoms with Gasteiger partial charge in [0.25, 0.3) is 0 Å². The van der Waals surface area contributed by atoms with Crippen molar-refractivity contribution in [3.8, 4) is 0 Å². The lowest BCUT2D eigenvalue weighted by molar-refractivity contribution is -0.544. The molecule has 2 atom stereocenters. The third kappa shape index (κ3) is 4.10. The molecule has 1 aliphatic heterocycles. The molecule has 2 aromatic carbocycles. The van der Waals surface area contributed by atoms with Gasteiger partial charge in [-0.2, -0.15) is 0 Å². The second kappa shape index (κ2) is 10.7. The molecule has 1 saturated heterocycles. The molecule has 1 aromatic heterocycles. The van der Waals surface area contributed by atoms with Gasteiger partial charge in [-0.15, -0.1) is 0 Å². The van der Waals surface area contributed by atoms with Crippen LogP contribution in [0.4, 0.5) is 43.9 Å². The van der Waals surface area contributed by atoms with Gasteiger partial charge in [0.2, 0.25) is 0 Å². The quantitative estimate of drug-likeness (QED) is 0.171. The molecule has 0 amide bonds. The number of piperidine rings is 1. The van der Waals surface area contributed by atoms with E-state index in [1.54, 1.807) is 0 Å². The van der Waals surface area contributed by atoms with Crippen molar-refractivity contribution in [2.24, 2.45) is 0 Å². The van der Waals surface area contributed by atoms with Crippen LogP contribution in [0.15, 0.2) is 30.6 Å². The minimum absolute atomic E-state index is 0.0535. The SMILES string of the molecule is Fc1c(F)c(F)c([B-](c2c(F)c(F)c(F)c(F)c2F)([C@H]2CCC[C@@H]2N2CCCCC2)[n+]2ccccc2)c(F)c1F. The van der Waals surface area contributed by atoms with Gasteiger partial charge in [0.1, 0.15) is 35.7 Å². The van der Waals surface area contributed by atoms with E-state index in [9.17, 15) is 26.3 Å². The molecule has 2 nitrogen and oxygen atoms in total. The fourth-order valence-corrected chi connectivity index (χ4v) is 7.03. The van der Waals surface area contributed by atoms with Crippen LogP contribution in [0.1, 0.15) is 38.5 Å². The second-order valence-electron chi connectivity index (χ2n) is 10.4. The Morgan fingerprint density at radius 2 is 0.950 bits per heavy atom. The molecule has 2 fully saturated rings. The highest BCUT2D eigenvalue weighted by molar-refractivity contribution is 6.97. The average molecular weight is 576 g/mol. The number of nitrogens with zero attached hydrogens (tertiary/aromatic N) is 2. The molecule has 1 aliphatic carbocycles. The van der Waals surface area contributed by atoms with Gasteiger partial charge in [0.15, 0.2) is 34.9 Å². The average Bonchev–Trinajstić information content (AvgIpc) is 3.47. The van der Waals surface area contributed by atoms with E-state index in [0.717, 1.165) is 23.3 Å². The molecular formula is C27H23BF10N2. The third-order valence-electron chi connectivity index (χ3n) is 8.59. The lowest BCUT2D eigenvalue weighted by Crippen LogP contribution is -2.84. The van der Waals surface area contributed by atoms with Crippen molar-refractivity contribution in [1.82, 2.24) is 4.90 Å². The first-order valence-corrected chi connectivity index (χ1v) is 12.9. The van der Waals surface area contributed by atoms with E-state index in [1.165, 1.54) is 18.2 Å². The number of pyridine rings is 1. The van der Waals surface area contributed by atoms with E-state index in [4.69, 9.17) is 0 Å². The maximum Gasteiger partial charge on any atom is 0.348 e. The van der Waals surface area contributed by atoms with Crippen molar-refractivity contribution in [3.63, 3.8) is 0 Å². The molecule has 0 N–H and O–H groups in total. The summed E-state index contributed by atoms with van der Waals surface area (Å²) in [4.78, 5) is 1.90. The molecule has 0 bridgehead atoms. The van der Waals surface area contributed by atoms with Gasteiger partial charge in [-0.05, 0) is 50.5 Å². The predicted octanol–water partition coefficient (Wildman–Crippen LogP) is 5.38. The third-order valence-corrected chi connectivity index (χ3v) is 8.59. The zero-order valence-corrected chi connectivity index (χ0v) is 20.9. The highest BCUT2D eigenvalue weighted by Crippen LogP contribution is 2.43. The van der Waals surface area contributed by atoms with Gasteiger partial charge in [0, 0.05) is 0 Å². The summed E-state index contributed by atoms with van der Waals surface area (Å²) in [5.41, 5.74) is -3.27. The Morgan fingerprint density at radius 1 is 0.525 bits per heavy atom. The lowest BCUT2D eigenvalue weighted by Gasteiger charge is -2.47. The Labute approximate surface area is 223 Å². The Kier molecular flexibility index (Phi) is 7.62. The number of halogens is 10. The van der Waals surface area contributed by atoms with E-state index in [1.807, 2.05) is 4.90 Å². The highest BCUT2D eigenvalue weighted by atomic mass is 19.2. The van der Waals surface area contributed by atoms with Crippen LogP contribution in [0.25, 0.3) is 0 Å². The minimum atomic E-state index is -4.12. The van der Waals surface area contributed by atoms with Crippen LogP contribution < -0.4 is 15.4 Å². The van der Waals surface area contributed by atoms with Crippen molar-refractivity contribution in [2.75, 3.05) is 13.1 Å². The molecule has 0 spiro atoms. The van der Waals surface area contributed by atoms with Crippen LogP contribution in [-0.2, 0) is 0 Å². The van der Waals surface area contributed by atoms with Crippen LogP contribution in [0.2, 0.25) is 5.82 Å². The molecule has 214 valence electrons. The summed E-state index contributed by atoms with van der Waals surface area (Å²) in [5, 5.41) is 0. The fraction of sp³-hybridized carbons (Fsp3) is 0.370. The van der Waals surface area contributed by atoms with Gasteiger partial charge in [-0.25, -0.2) is 43.9 Å². The van der Waals surface area contributed by atoms with E-state index in [-0.39, 0.29) is 6.42 Å². The monoisotopic (exact) mass is 576 g/mol. The summed E-state index contributed by atoms with van der Waals surface area (Å²) in [6.45, 7) is 0.946. The Balaban J connectivity index is 2.00. The summed E-state index contributed by atoms with van der Waals surface area (Å²) in [5.74, 6) is -25.5. The molecule has 13 heteroatoms. The van der Waals surface area contributed by atoms with Crippen LogP contribution in [0.5, 0.6) is 0 Å². The molecular weight excluding hydrogens is 553 g/mol. The van der Waals surface area contributed by atoms with E-state index in [0.29, 0.717) is 38.8 Å². The first-order chi connectivity index (χ1) is 19.0. The van der Waals surface area contributed by atoms with Crippen molar-refractivity contribution in [3.05, 3.63) is 88.8 Å². The van der Waals surface area contributed by atoms with Crippen LogP contribution >= 0.6 is 0 Å². The Bertz CT molecular complexity index is 1320. The molecule has 40 heavy (non-hydrogen) atoms. The summed E-state index contributed by atoms with van der Waals surface area (Å²) in [7, 11) is 0. The number of hydrogen-bond acceptors (Lipinski definition) is 1. The van der Waals surface area contributed by atoms with Crippen molar-refractivity contribution in [2.45, 2.75) is 50.4 Å². The Morgan fingerprint density at radius 3 is 1.40 bits per heavy atom. The highest BCUT2D eigenvalue weighted by Gasteiger charge is 2.59. The van der Waals surface area contributed by atoms with Gasteiger partial charge in [-0.3, -0.25) is 0 Å². The molecule has 3 aromatic rings. The van der Waals surface area contributed by atoms with Gasteiger partial charge >= 0.3 is 6.28 Å². The molecule has 0 unspecified atom stereocenters. The number of aromatic nitrogens is 1. The zero-order chi connectivity index (χ0) is 28.9. The largest absolute Gasteiger partial charge is 0.418 e. The molecule has 1 saturated carbocycles. The van der Waals surface area contributed by atoms with Crippen LogP contribution in [0, 0.1) is 58.2 Å². The van der Waals surface area contributed by atoms with Gasteiger partial charge in [-0.1, -0.05) is 42.1 Å². The van der Waals surface area contributed by atoms with Crippen molar-refractivity contribution >= 4 is 17.2 Å². The van der Waals surface area contributed by atoms with Crippen LogP contribution in [-0.4, -0.2) is 30.3 Å². The first-order valence-electron chi connectivity index (χ1n) is 12.9. The lowest BCUT2D eigenvalue weighted by atomic mass is 9.20. The zero-order valence-electron chi connectivity index (χ0n) is 20.9.